The van der Waals surface area contributed by atoms with E-state index in [0.717, 1.165) is 25.9 Å². The largest absolute Gasteiger partial charge is 0.481 e. The van der Waals surface area contributed by atoms with E-state index in [9.17, 15) is 4.79 Å². The zero-order valence-corrected chi connectivity index (χ0v) is 12.3. The van der Waals surface area contributed by atoms with E-state index < -0.39 is 6.10 Å². The van der Waals surface area contributed by atoms with Crippen LogP contribution in [-0.4, -0.2) is 36.8 Å². The molecule has 0 saturated carbocycles. The molecule has 3 rings (SSSR count). The molecule has 0 N–H and O–H groups in total. The highest BCUT2D eigenvalue weighted by atomic mass is 16.7. The molecule has 0 spiro atoms. The molecule has 0 radical (unpaired) electrons. The third kappa shape index (κ3) is 3.23. The van der Waals surface area contributed by atoms with Crippen LogP contribution in [0.1, 0.15) is 32.6 Å². The maximum absolute atomic E-state index is 12.4. The molecule has 1 unspecified atom stereocenters. The summed E-state index contributed by atoms with van der Waals surface area (Å²) >= 11 is 0. The number of hydrogen-bond donors (Lipinski definition) is 0. The minimum absolute atomic E-state index is 0.0644. The topological polar surface area (TPSA) is 48.0 Å². The van der Waals surface area contributed by atoms with Gasteiger partial charge in [0.05, 0.1) is 0 Å². The van der Waals surface area contributed by atoms with Crippen LogP contribution in [0.25, 0.3) is 0 Å². The first-order valence-corrected chi connectivity index (χ1v) is 7.59. The molecule has 0 bridgehead atoms. The minimum atomic E-state index is -0.483. The van der Waals surface area contributed by atoms with Gasteiger partial charge in [-0.15, -0.1) is 0 Å². The van der Waals surface area contributed by atoms with Crippen LogP contribution in [0.3, 0.4) is 0 Å². The first-order valence-electron chi connectivity index (χ1n) is 7.59. The number of carbonyl (C=O) groups excluding carboxylic acids is 1. The molecule has 1 saturated heterocycles. The SMILES string of the molecule is CC(Oc1ccc2c(c1)OCO2)C(=O)N1CCCCCC1. The summed E-state index contributed by atoms with van der Waals surface area (Å²) in [6, 6.07) is 5.38. The molecule has 2 aliphatic heterocycles. The van der Waals surface area contributed by atoms with Crippen molar-refractivity contribution in [2.45, 2.75) is 38.7 Å². The normalized spacial score (nSPS) is 19.0. The predicted octanol–water partition coefficient (Wildman–Crippen LogP) is 2.59. The molecule has 2 heterocycles. The second-order valence-electron chi connectivity index (χ2n) is 5.51. The summed E-state index contributed by atoms with van der Waals surface area (Å²) in [5.74, 6) is 2.08. The van der Waals surface area contributed by atoms with E-state index in [4.69, 9.17) is 14.2 Å². The summed E-state index contributed by atoms with van der Waals surface area (Å²) in [7, 11) is 0. The van der Waals surface area contributed by atoms with Gasteiger partial charge >= 0.3 is 0 Å². The van der Waals surface area contributed by atoms with Crippen LogP contribution in [0.15, 0.2) is 18.2 Å². The van der Waals surface area contributed by atoms with Gasteiger partial charge in [0.25, 0.3) is 5.91 Å². The number of benzene rings is 1. The van der Waals surface area contributed by atoms with E-state index in [1.165, 1.54) is 12.8 Å². The summed E-state index contributed by atoms with van der Waals surface area (Å²) in [6.07, 6.45) is 4.11. The standard InChI is InChI=1S/C16H21NO4/c1-12(16(18)17-8-4-2-3-5-9-17)21-13-6-7-14-15(10-13)20-11-19-14/h6-7,10,12H,2-5,8-9,11H2,1H3. The molecule has 1 aromatic carbocycles. The number of rotatable bonds is 3. The Kier molecular flexibility index (Phi) is 4.18. The number of carbonyl (C=O) groups is 1. The Balaban J connectivity index is 1.62. The van der Waals surface area contributed by atoms with Crippen molar-refractivity contribution in [2.24, 2.45) is 0 Å². The average molecular weight is 291 g/mol. The number of likely N-dealkylation sites (tertiary alicyclic amines) is 1. The van der Waals surface area contributed by atoms with Crippen molar-refractivity contribution in [1.29, 1.82) is 0 Å². The van der Waals surface area contributed by atoms with Gasteiger partial charge in [-0.1, -0.05) is 12.8 Å². The van der Waals surface area contributed by atoms with Crippen LogP contribution in [0.4, 0.5) is 0 Å². The number of ether oxygens (including phenoxy) is 3. The van der Waals surface area contributed by atoms with Gasteiger partial charge in [0.2, 0.25) is 6.79 Å². The molecule has 114 valence electrons. The number of fused-ring (bicyclic) bond motifs is 1. The third-order valence-corrected chi connectivity index (χ3v) is 3.92. The van der Waals surface area contributed by atoms with E-state index >= 15 is 0 Å². The zero-order valence-electron chi connectivity index (χ0n) is 12.3. The van der Waals surface area contributed by atoms with Gasteiger partial charge < -0.3 is 19.1 Å². The molecule has 0 aromatic heterocycles. The van der Waals surface area contributed by atoms with Gasteiger partial charge in [0.1, 0.15) is 5.75 Å². The average Bonchev–Trinajstić information content (AvgIpc) is 2.78. The van der Waals surface area contributed by atoms with Crippen molar-refractivity contribution in [3.8, 4) is 17.2 Å². The summed E-state index contributed by atoms with van der Waals surface area (Å²) in [5.41, 5.74) is 0. The first kappa shape index (κ1) is 14.0. The molecule has 0 aliphatic carbocycles. The number of nitrogens with zero attached hydrogens (tertiary/aromatic N) is 1. The van der Waals surface area contributed by atoms with Crippen molar-refractivity contribution in [2.75, 3.05) is 19.9 Å². The number of amides is 1. The Labute approximate surface area is 124 Å². The molecule has 21 heavy (non-hydrogen) atoms. The third-order valence-electron chi connectivity index (χ3n) is 3.92. The highest BCUT2D eigenvalue weighted by Crippen LogP contribution is 2.35. The van der Waals surface area contributed by atoms with Crippen molar-refractivity contribution in [3.63, 3.8) is 0 Å². The van der Waals surface area contributed by atoms with E-state index in [-0.39, 0.29) is 12.7 Å². The predicted molar refractivity (Wildman–Crippen MR) is 77.7 cm³/mol. The zero-order chi connectivity index (χ0) is 14.7. The first-order chi connectivity index (χ1) is 10.2. The summed E-state index contributed by atoms with van der Waals surface area (Å²) in [5, 5.41) is 0. The van der Waals surface area contributed by atoms with E-state index in [0.29, 0.717) is 17.2 Å². The van der Waals surface area contributed by atoms with Crippen molar-refractivity contribution in [1.82, 2.24) is 4.90 Å². The van der Waals surface area contributed by atoms with Crippen LogP contribution in [0, 0.1) is 0 Å². The fourth-order valence-corrected chi connectivity index (χ4v) is 2.75. The smallest absolute Gasteiger partial charge is 0.263 e. The van der Waals surface area contributed by atoms with Crippen molar-refractivity contribution >= 4 is 5.91 Å². The van der Waals surface area contributed by atoms with E-state index in [1.807, 2.05) is 4.90 Å². The summed E-state index contributed by atoms with van der Waals surface area (Å²) < 4.78 is 16.3. The maximum atomic E-state index is 12.4. The molecule has 5 nitrogen and oxygen atoms in total. The minimum Gasteiger partial charge on any atom is -0.481 e. The summed E-state index contributed by atoms with van der Waals surface area (Å²) in [6.45, 7) is 3.72. The van der Waals surface area contributed by atoms with E-state index in [1.54, 1.807) is 25.1 Å². The van der Waals surface area contributed by atoms with E-state index in [2.05, 4.69) is 0 Å². The molecule has 1 atom stereocenters. The molecule has 1 amide bonds. The fourth-order valence-electron chi connectivity index (χ4n) is 2.75. The second-order valence-corrected chi connectivity index (χ2v) is 5.51. The molecule has 1 aromatic rings. The van der Waals surface area contributed by atoms with Gasteiger partial charge in [-0.25, -0.2) is 0 Å². The van der Waals surface area contributed by atoms with Crippen molar-refractivity contribution in [3.05, 3.63) is 18.2 Å². The Morgan fingerprint density at radius 3 is 2.62 bits per heavy atom. The molecule has 2 aliphatic rings. The lowest BCUT2D eigenvalue weighted by atomic mass is 10.2. The van der Waals surface area contributed by atoms with Gasteiger partial charge in [0, 0.05) is 19.2 Å². The fraction of sp³-hybridized carbons (Fsp3) is 0.562. The monoisotopic (exact) mass is 291 g/mol. The summed E-state index contributed by atoms with van der Waals surface area (Å²) in [4.78, 5) is 14.4. The van der Waals surface area contributed by atoms with Gasteiger partial charge in [-0.3, -0.25) is 4.79 Å². The van der Waals surface area contributed by atoms with Crippen LogP contribution in [0.2, 0.25) is 0 Å². The lowest BCUT2D eigenvalue weighted by Crippen LogP contribution is -2.40. The molecular weight excluding hydrogens is 270 g/mol. The Morgan fingerprint density at radius 1 is 1.14 bits per heavy atom. The molecular formula is C16H21NO4. The second kappa shape index (κ2) is 6.24. The van der Waals surface area contributed by atoms with Gasteiger partial charge in [-0.05, 0) is 31.9 Å². The van der Waals surface area contributed by atoms with Gasteiger partial charge in [-0.2, -0.15) is 0 Å². The molecule has 1 fully saturated rings. The molecule has 5 heteroatoms. The maximum Gasteiger partial charge on any atom is 0.263 e. The lowest BCUT2D eigenvalue weighted by molar-refractivity contribution is -0.137. The quantitative estimate of drug-likeness (QED) is 0.859. The van der Waals surface area contributed by atoms with Gasteiger partial charge in [0.15, 0.2) is 17.6 Å². The Bertz CT molecular complexity index is 509. The highest BCUT2D eigenvalue weighted by Gasteiger charge is 2.23. The van der Waals surface area contributed by atoms with Crippen LogP contribution < -0.4 is 14.2 Å². The number of hydrogen-bond acceptors (Lipinski definition) is 4. The Morgan fingerprint density at radius 2 is 1.86 bits per heavy atom. The van der Waals surface area contributed by atoms with Crippen molar-refractivity contribution < 1.29 is 19.0 Å². The van der Waals surface area contributed by atoms with Crippen LogP contribution in [-0.2, 0) is 4.79 Å². The van der Waals surface area contributed by atoms with Crippen LogP contribution >= 0.6 is 0 Å². The Hall–Kier alpha value is -1.91. The lowest BCUT2D eigenvalue weighted by Gasteiger charge is -2.24. The van der Waals surface area contributed by atoms with Crippen LogP contribution in [0.5, 0.6) is 17.2 Å². The highest BCUT2D eigenvalue weighted by molar-refractivity contribution is 5.81.